The molecule has 5 heteroatoms. The fourth-order valence-electron chi connectivity index (χ4n) is 8.53. The van der Waals surface area contributed by atoms with E-state index in [2.05, 4.69) is 140 Å². The molecular weight excluding hydrogens is 685 g/mol. The minimum Gasteiger partial charge on any atom is -0.456 e. The molecule has 0 amide bonds. The second-order valence-corrected chi connectivity index (χ2v) is 14.4. The zero-order chi connectivity index (χ0) is 36.7. The number of hydrogen-bond acceptors (Lipinski definition) is 4. The van der Waals surface area contributed by atoms with E-state index in [1.54, 1.807) is 0 Å². The number of aromatic nitrogens is 4. The van der Waals surface area contributed by atoms with Crippen LogP contribution in [0.3, 0.4) is 0 Å². The van der Waals surface area contributed by atoms with Gasteiger partial charge in [0.25, 0.3) is 0 Å². The lowest BCUT2D eigenvalue weighted by atomic mass is 9.91. The summed E-state index contributed by atoms with van der Waals surface area (Å²) < 4.78 is 8.19. The number of furan rings is 1. The highest BCUT2D eigenvalue weighted by atomic mass is 16.3. The normalized spacial score (nSPS) is 11.9. The highest BCUT2D eigenvalue weighted by Gasteiger charge is 2.18. The van der Waals surface area contributed by atoms with E-state index in [0.29, 0.717) is 11.5 Å². The molecule has 9 aromatic carbocycles. The predicted octanol–water partition coefficient (Wildman–Crippen LogP) is 13.3. The highest BCUT2D eigenvalue weighted by molar-refractivity contribution is 6.25. The van der Waals surface area contributed by atoms with Crippen LogP contribution in [0, 0.1) is 0 Å². The summed E-state index contributed by atoms with van der Waals surface area (Å²) in [7, 11) is 0. The van der Waals surface area contributed by atoms with Crippen molar-refractivity contribution in [3.8, 4) is 44.9 Å². The van der Waals surface area contributed by atoms with Crippen molar-refractivity contribution in [1.29, 1.82) is 0 Å². The summed E-state index contributed by atoms with van der Waals surface area (Å²) in [6.45, 7) is 0. The summed E-state index contributed by atoms with van der Waals surface area (Å²) in [6, 6.07) is 64.1. The Balaban J connectivity index is 0.961. The van der Waals surface area contributed by atoms with Crippen molar-refractivity contribution in [3.63, 3.8) is 0 Å². The van der Waals surface area contributed by atoms with E-state index in [0.717, 1.165) is 60.9 Å². The van der Waals surface area contributed by atoms with Crippen molar-refractivity contribution in [2.45, 2.75) is 0 Å². The zero-order valence-corrected chi connectivity index (χ0v) is 30.0. The lowest BCUT2D eigenvalue weighted by molar-refractivity contribution is 0.669. The number of rotatable bonds is 4. The van der Waals surface area contributed by atoms with Gasteiger partial charge in [0.05, 0.1) is 11.0 Å². The average molecular weight is 715 g/mol. The van der Waals surface area contributed by atoms with Crippen molar-refractivity contribution in [2.75, 3.05) is 0 Å². The molecule has 0 N–H and O–H groups in total. The van der Waals surface area contributed by atoms with Gasteiger partial charge in [0.15, 0.2) is 11.5 Å². The molecule has 0 aliphatic rings. The molecule has 0 unspecified atom stereocenters. The van der Waals surface area contributed by atoms with Crippen LogP contribution in [-0.4, -0.2) is 19.6 Å². The molecule has 0 bridgehead atoms. The van der Waals surface area contributed by atoms with Gasteiger partial charge in [0.1, 0.15) is 16.9 Å². The summed E-state index contributed by atoms with van der Waals surface area (Å²) in [4.78, 5) is 10.3. The van der Waals surface area contributed by atoms with E-state index in [9.17, 15) is 0 Å². The minimum absolute atomic E-state index is 0.640. The Labute approximate surface area is 320 Å². The molecule has 0 saturated carbocycles. The van der Waals surface area contributed by atoms with Gasteiger partial charge in [-0.05, 0) is 103 Å². The first kappa shape index (κ1) is 30.8. The van der Waals surface area contributed by atoms with Crippen LogP contribution < -0.4 is 0 Å². The lowest BCUT2D eigenvalue weighted by Crippen LogP contribution is -1.97. The molecule has 0 atom stereocenters. The molecular formula is C51H30N4O. The molecule has 0 fully saturated rings. The van der Waals surface area contributed by atoms with Crippen LogP contribution >= 0.6 is 0 Å². The highest BCUT2D eigenvalue weighted by Crippen LogP contribution is 2.39. The van der Waals surface area contributed by atoms with Gasteiger partial charge in [-0.25, -0.2) is 14.5 Å². The fourth-order valence-corrected chi connectivity index (χ4v) is 8.53. The van der Waals surface area contributed by atoms with Crippen molar-refractivity contribution >= 4 is 70.9 Å². The molecule has 3 heterocycles. The number of para-hydroxylation sites is 3. The quantitative estimate of drug-likeness (QED) is 0.170. The van der Waals surface area contributed by atoms with Crippen LogP contribution in [0.15, 0.2) is 186 Å². The summed E-state index contributed by atoms with van der Waals surface area (Å²) in [6.07, 6.45) is 0. The Bertz CT molecular complexity index is 3520. The van der Waals surface area contributed by atoms with E-state index in [1.807, 2.05) is 47.0 Å². The summed E-state index contributed by atoms with van der Waals surface area (Å²) >= 11 is 0. The molecule has 5 nitrogen and oxygen atoms in total. The van der Waals surface area contributed by atoms with E-state index in [4.69, 9.17) is 19.5 Å². The maximum absolute atomic E-state index is 6.26. The first-order valence-corrected chi connectivity index (χ1v) is 18.9. The smallest absolute Gasteiger partial charge is 0.182 e. The van der Waals surface area contributed by atoms with Gasteiger partial charge in [0, 0.05) is 21.9 Å². The third kappa shape index (κ3) is 4.71. The molecule has 56 heavy (non-hydrogen) atoms. The van der Waals surface area contributed by atoms with Crippen LogP contribution in [0.25, 0.3) is 116 Å². The number of fused-ring (bicyclic) bond motifs is 12. The van der Waals surface area contributed by atoms with E-state index in [-0.39, 0.29) is 0 Å². The van der Waals surface area contributed by atoms with Gasteiger partial charge >= 0.3 is 0 Å². The number of nitrogens with zero attached hydrogens (tertiary/aromatic N) is 4. The monoisotopic (exact) mass is 714 g/mol. The van der Waals surface area contributed by atoms with Crippen molar-refractivity contribution < 1.29 is 4.42 Å². The largest absolute Gasteiger partial charge is 0.456 e. The third-order valence-electron chi connectivity index (χ3n) is 11.2. The van der Waals surface area contributed by atoms with Gasteiger partial charge in [-0.3, -0.25) is 0 Å². The molecule has 0 aliphatic carbocycles. The van der Waals surface area contributed by atoms with Gasteiger partial charge in [-0.15, -0.1) is 5.10 Å². The average Bonchev–Trinajstić information content (AvgIpc) is 3.89. The molecule has 12 rings (SSSR count). The molecule has 12 aromatic rings. The third-order valence-corrected chi connectivity index (χ3v) is 11.2. The number of hydrogen-bond donors (Lipinski definition) is 0. The Morgan fingerprint density at radius 2 is 0.893 bits per heavy atom. The van der Waals surface area contributed by atoms with Crippen LogP contribution in [0.5, 0.6) is 0 Å². The Morgan fingerprint density at radius 3 is 1.64 bits per heavy atom. The van der Waals surface area contributed by atoms with Crippen LogP contribution in [-0.2, 0) is 0 Å². The second-order valence-electron chi connectivity index (χ2n) is 14.4. The summed E-state index contributed by atoms with van der Waals surface area (Å²) in [5, 5.41) is 14.9. The van der Waals surface area contributed by atoms with E-state index < -0.39 is 0 Å². The lowest BCUT2D eigenvalue weighted by Gasteiger charge is -2.12. The maximum atomic E-state index is 6.26. The number of benzene rings is 9. The first-order valence-electron chi connectivity index (χ1n) is 18.9. The summed E-state index contributed by atoms with van der Waals surface area (Å²) in [5.74, 6) is 0.640. The molecule has 0 aliphatic heterocycles. The fraction of sp³-hybridized carbons (Fsp3) is 0. The summed E-state index contributed by atoms with van der Waals surface area (Å²) in [5.41, 5.74) is 11.3. The van der Waals surface area contributed by atoms with Crippen LogP contribution in [0.1, 0.15) is 0 Å². The molecule has 260 valence electrons. The maximum Gasteiger partial charge on any atom is 0.182 e. The van der Waals surface area contributed by atoms with Crippen LogP contribution in [0.2, 0.25) is 0 Å². The molecule has 0 saturated heterocycles. The van der Waals surface area contributed by atoms with Gasteiger partial charge in [-0.1, -0.05) is 133 Å². The molecule has 0 radical (unpaired) electrons. The van der Waals surface area contributed by atoms with E-state index >= 15 is 0 Å². The van der Waals surface area contributed by atoms with E-state index in [1.165, 1.54) is 43.4 Å². The van der Waals surface area contributed by atoms with Gasteiger partial charge in [-0.2, -0.15) is 0 Å². The topological polar surface area (TPSA) is 56.2 Å². The van der Waals surface area contributed by atoms with Crippen molar-refractivity contribution in [3.05, 3.63) is 182 Å². The Hall–Kier alpha value is -7.63. The SMILES string of the molecule is c1cc(-c2cccc(-c3nc4c(-c5ccc6c(c5)oc5ccccc56)nc5ccccc5n4n3)c2)cc(-c2ccc3c4ccccc4c4ccccc4c3c2)c1. The van der Waals surface area contributed by atoms with Gasteiger partial charge < -0.3 is 4.42 Å². The molecule has 0 spiro atoms. The predicted molar refractivity (Wildman–Crippen MR) is 230 cm³/mol. The first-order chi connectivity index (χ1) is 27.7. The van der Waals surface area contributed by atoms with Crippen LogP contribution in [0.4, 0.5) is 0 Å². The van der Waals surface area contributed by atoms with Gasteiger partial charge in [0.2, 0.25) is 0 Å². The van der Waals surface area contributed by atoms with Crippen molar-refractivity contribution in [2.24, 2.45) is 0 Å². The second kappa shape index (κ2) is 11.9. The van der Waals surface area contributed by atoms with Crippen molar-refractivity contribution in [1.82, 2.24) is 19.6 Å². The Kier molecular flexibility index (Phi) is 6.56. The minimum atomic E-state index is 0.640. The zero-order valence-electron chi connectivity index (χ0n) is 30.0. The molecule has 3 aromatic heterocycles. The standard InChI is InChI=1S/C51H30N4O/c1-2-17-39-37(15-1)38-16-3-4-18-40(38)44-29-34(23-25-41(39)44)32-12-9-11-31(27-32)33-13-10-14-36(28-33)50-53-51-49(52-45-20-6-7-21-46(45)55(51)54-50)35-24-26-43-42-19-5-8-22-47(42)56-48(43)30-35/h1-30H. The Morgan fingerprint density at radius 1 is 0.357 bits per heavy atom.